The molecule has 2 aromatic carbocycles. The highest BCUT2D eigenvalue weighted by Gasteiger charge is 2.13. The fourth-order valence-corrected chi connectivity index (χ4v) is 5.77. The number of pyridine rings is 2. The molecule has 0 aliphatic rings. The summed E-state index contributed by atoms with van der Waals surface area (Å²) in [5.41, 5.74) is 19.4. The van der Waals surface area contributed by atoms with Crippen LogP contribution in [-0.2, 0) is 33.7 Å². The zero-order valence-electron chi connectivity index (χ0n) is 26.9. The Morgan fingerprint density at radius 3 is 2.00 bits per heavy atom. The van der Waals surface area contributed by atoms with E-state index in [4.69, 9.17) is 74.2 Å². The fraction of sp³-hybridized carbons (Fsp3) is 0.286. The van der Waals surface area contributed by atoms with Crippen molar-refractivity contribution in [1.82, 2.24) is 14.4 Å². The number of Topliss-reactive ketones (excluding diaryl/α,β-unsaturated/α-hetero) is 1. The van der Waals surface area contributed by atoms with E-state index in [0.29, 0.717) is 52.1 Å². The van der Waals surface area contributed by atoms with E-state index in [1.165, 1.54) is 0 Å². The van der Waals surface area contributed by atoms with Crippen molar-refractivity contribution in [3.05, 3.63) is 104 Å². The lowest BCUT2D eigenvalue weighted by Gasteiger charge is -2.11. The summed E-state index contributed by atoms with van der Waals surface area (Å²) in [4.78, 5) is 19.1. The first-order valence-corrected chi connectivity index (χ1v) is 17.0. The number of fused-ring (bicyclic) bond motifs is 1. The number of hydrogen-bond acceptors (Lipinski definition) is 7. The van der Waals surface area contributed by atoms with Crippen LogP contribution in [0.2, 0.25) is 20.1 Å². The van der Waals surface area contributed by atoms with Crippen molar-refractivity contribution in [2.45, 2.75) is 32.7 Å². The quantitative estimate of drug-likeness (QED) is 0.129. The van der Waals surface area contributed by atoms with Gasteiger partial charge < -0.3 is 25.3 Å². The Balaban J connectivity index is 0.000000219. The molecule has 8 nitrogen and oxygen atoms in total. The van der Waals surface area contributed by atoms with Crippen LogP contribution in [0.25, 0.3) is 27.9 Å². The fourth-order valence-electron chi connectivity index (χ4n) is 4.61. The minimum atomic E-state index is 0.0357. The molecule has 0 radical (unpaired) electrons. The normalized spacial score (nSPS) is 10.7. The second-order valence-corrected chi connectivity index (χ2v) is 12.4. The van der Waals surface area contributed by atoms with Crippen molar-refractivity contribution in [1.29, 1.82) is 0 Å². The van der Waals surface area contributed by atoms with Gasteiger partial charge in [-0.3, -0.25) is 4.79 Å². The summed E-state index contributed by atoms with van der Waals surface area (Å²) in [6.45, 7) is 3.60. The largest absolute Gasteiger partial charge is 0.384 e. The molecule has 13 heteroatoms. The molecule has 256 valence electrons. The SMILES string of the molecule is CCc1cc(N)ncc1-c1ccc(Cl)cc1Cl.COCCC(=O)CCl.COCCc1cn2cc(-c3ccc(Cl)cc3Cl)c(CN)cc2n1. The Morgan fingerprint density at radius 1 is 0.833 bits per heavy atom. The zero-order valence-corrected chi connectivity index (χ0v) is 30.7. The maximum atomic E-state index is 10.4. The van der Waals surface area contributed by atoms with E-state index in [-0.39, 0.29) is 11.7 Å². The number of nitrogens with zero attached hydrogens (tertiary/aromatic N) is 3. The summed E-state index contributed by atoms with van der Waals surface area (Å²) < 4.78 is 11.7. The van der Waals surface area contributed by atoms with Crippen LogP contribution in [0.15, 0.2) is 67.1 Å². The number of nitrogen functional groups attached to an aromatic ring is 1. The van der Waals surface area contributed by atoms with Crippen LogP contribution in [-0.4, -0.2) is 53.5 Å². The Morgan fingerprint density at radius 2 is 1.46 bits per heavy atom. The number of ether oxygens (including phenoxy) is 2. The molecule has 0 bridgehead atoms. The highest BCUT2D eigenvalue weighted by Crippen LogP contribution is 2.34. The van der Waals surface area contributed by atoms with Gasteiger partial charge in [0.2, 0.25) is 0 Å². The van der Waals surface area contributed by atoms with E-state index < -0.39 is 0 Å². The molecule has 0 fully saturated rings. The third-order valence-electron chi connectivity index (χ3n) is 7.08. The van der Waals surface area contributed by atoms with Gasteiger partial charge in [0.05, 0.1) is 24.8 Å². The van der Waals surface area contributed by atoms with E-state index in [2.05, 4.69) is 21.6 Å². The number of ketones is 1. The van der Waals surface area contributed by atoms with Gasteiger partial charge >= 0.3 is 0 Å². The van der Waals surface area contributed by atoms with E-state index in [1.54, 1.807) is 32.5 Å². The number of anilines is 1. The first kappa shape index (κ1) is 39.5. The van der Waals surface area contributed by atoms with Crippen LogP contribution < -0.4 is 11.5 Å². The highest BCUT2D eigenvalue weighted by molar-refractivity contribution is 6.37. The van der Waals surface area contributed by atoms with Gasteiger partial charge in [0, 0.05) is 94.5 Å². The van der Waals surface area contributed by atoms with Gasteiger partial charge in [-0.1, -0.05) is 65.5 Å². The molecule has 5 aromatic rings. The minimum Gasteiger partial charge on any atom is -0.384 e. The summed E-state index contributed by atoms with van der Waals surface area (Å²) in [5.74, 6) is 0.660. The van der Waals surface area contributed by atoms with Gasteiger partial charge in [-0.05, 0) is 53.9 Å². The van der Waals surface area contributed by atoms with Crippen LogP contribution in [0.5, 0.6) is 0 Å². The number of aryl methyl sites for hydroxylation is 1. The van der Waals surface area contributed by atoms with Crippen molar-refractivity contribution in [3.8, 4) is 22.3 Å². The molecule has 0 spiro atoms. The summed E-state index contributed by atoms with van der Waals surface area (Å²) in [6.07, 6.45) is 7.84. The van der Waals surface area contributed by atoms with Crippen LogP contribution in [0.1, 0.15) is 30.2 Å². The minimum absolute atomic E-state index is 0.0357. The van der Waals surface area contributed by atoms with Crippen LogP contribution in [0.4, 0.5) is 5.82 Å². The Bertz CT molecular complexity index is 1820. The van der Waals surface area contributed by atoms with E-state index in [9.17, 15) is 4.79 Å². The van der Waals surface area contributed by atoms with Crippen LogP contribution >= 0.6 is 58.0 Å². The first-order valence-electron chi connectivity index (χ1n) is 15.0. The molecule has 0 amide bonds. The van der Waals surface area contributed by atoms with Gasteiger partial charge in [0.1, 0.15) is 17.2 Å². The summed E-state index contributed by atoms with van der Waals surface area (Å²) in [7, 11) is 3.24. The van der Waals surface area contributed by atoms with Gasteiger partial charge in [0.25, 0.3) is 0 Å². The molecule has 3 heterocycles. The third-order valence-corrected chi connectivity index (χ3v) is 8.47. The lowest BCUT2D eigenvalue weighted by Crippen LogP contribution is -2.02. The van der Waals surface area contributed by atoms with Crippen molar-refractivity contribution >= 4 is 75.3 Å². The molecule has 4 N–H and O–H groups in total. The smallest absolute Gasteiger partial charge is 0.149 e. The van der Waals surface area contributed by atoms with E-state index in [1.807, 2.05) is 53.2 Å². The number of halogens is 5. The van der Waals surface area contributed by atoms with Gasteiger partial charge in [-0.25, -0.2) is 9.97 Å². The predicted octanol–water partition coefficient (Wildman–Crippen LogP) is 8.99. The number of hydrogen-bond donors (Lipinski definition) is 2. The molecule has 0 unspecified atom stereocenters. The maximum absolute atomic E-state index is 10.4. The highest BCUT2D eigenvalue weighted by atomic mass is 35.5. The molecule has 0 aliphatic carbocycles. The number of carbonyl (C=O) groups excluding carboxylic acids is 1. The van der Waals surface area contributed by atoms with E-state index in [0.717, 1.165) is 57.6 Å². The molecular weight excluding hydrogens is 716 g/mol. The van der Waals surface area contributed by atoms with Crippen molar-refractivity contribution in [2.75, 3.05) is 39.0 Å². The van der Waals surface area contributed by atoms with Crippen molar-refractivity contribution < 1.29 is 14.3 Å². The zero-order chi connectivity index (χ0) is 35.2. The molecule has 0 saturated carbocycles. The summed E-state index contributed by atoms with van der Waals surface area (Å²) in [5, 5.41) is 2.46. The third kappa shape index (κ3) is 11.3. The van der Waals surface area contributed by atoms with Crippen LogP contribution in [0.3, 0.4) is 0 Å². The lowest BCUT2D eigenvalue weighted by atomic mass is 10.0. The number of aromatic nitrogens is 3. The molecule has 0 atom stereocenters. The number of imidazole rings is 1. The molecule has 3 aromatic heterocycles. The average Bonchev–Trinajstić information content (AvgIpc) is 3.48. The number of benzene rings is 2. The summed E-state index contributed by atoms with van der Waals surface area (Å²) in [6, 6.07) is 14.8. The van der Waals surface area contributed by atoms with Crippen molar-refractivity contribution in [2.24, 2.45) is 5.73 Å². The second kappa shape index (κ2) is 19.9. The molecule has 5 rings (SSSR count). The lowest BCUT2D eigenvalue weighted by molar-refractivity contribution is -0.117. The van der Waals surface area contributed by atoms with Gasteiger partial charge in [-0.2, -0.15) is 0 Å². The predicted molar refractivity (Wildman–Crippen MR) is 200 cm³/mol. The number of rotatable bonds is 11. The standard InChI is InChI=1S/C17H17Cl2N3O.C13H12Cl2N2.C5H9ClO2/c1-23-5-4-13-9-22-10-15(11(8-20)6-17(22)21-13)14-3-2-12(18)7-16(14)19;1-2-8-5-13(16)17-7-11(8)10-4-3-9(14)6-12(10)15;1-8-3-2-5(7)4-6/h2-3,6-7,9-10H,4-5,8,20H2,1H3;3-7H,2H2,1H3,(H2,16,17);2-4H2,1H3. The molecule has 48 heavy (non-hydrogen) atoms. The topological polar surface area (TPSA) is 118 Å². The number of carbonyl (C=O) groups is 1. The van der Waals surface area contributed by atoms with E-state index >= 15 is 0 Å². The first-order chi connectivity index (χ1) is 23.0. The van der Waals surface area contributed by atoms with Crippen LogP contribution in [0, 0.1) is 0 Å². The van der Waals surface area contributed by atoms with Gasteiger partial charge in [-0.15, -0.1) is 11.6 Å². The Labute approximate surface area is 306 Å². The molecular formula is C35H38Cl5N5O3. The Kier molecular flexibility index (Phi) is 16.4. The average molecular weight is 754 g/mol. The Hall–Kier alpha value is -2.92. The number of nitrogens with two attached hydrogens (primary N) is 2. The number of alkyl halides is 1. The summed E-state index contributed by atoms with van der Waals surface area (Å²) >= 11 is 29.6. The molecule has 0 saturated heterocycles. The monoisotopic (exact) mass is 751 g/mol. The second-order valence-electron chi connectivity index (χ2n) is 10.4. The maximum Gasteiger partial charge on any atom is 0.149 e. The van der Waals surface area contributed by atoms with Gasteiger partial charge in [0.15, 0.2) is 0 Å². The van der Waals surface area contributed by atoms with Crippen molar-refractivity contribution in [3.63, 3.8) is 0 Å². The number of methoxy groups -OCH3 is 2. The molecule has 0 aliphatic heterocycles.